The molecule has 9 rings (SSSR count). The number of para-hydroxylation sites is 4. The van der Waals surface area contributed by atoms with Gasteiger partial charge in [-0.25, -0.2) is 0 Å². The van der Waals surface area contributed by atoms with Crippen LogP contribution in [0, 0.1) is 34.0 Å². The quantitative estimate of drug-likeness (QED) is 0.193. The standard InChI is InChI=1S/C45H25N5/c46-26-29-16-23-44-40(24-29)39-11-3-6-15-43(39)50(44)45-32(27-47)8-7-12-36(45)31-19-22-35(33(25-31)28-48)30-17-20-34(21-18-30)49-41-13-4-1-9-37(41)38-10-2-5-14-42(38)49/h1-25H. The van der Waals surface area contributed by atoms with Crippen molar-refractivity contribution in [1.29, 1.82) is 15.8 Å². The zero-order valence-electron chi connectivity index (χ0n) is 26.7. The summed E-state index contributed by atoms with van der Waals surface area (Å²) in [6.07, 6.45) is 0. The minimum atomic E-state index is 0.512. The van der Waals surface area contributed by atoms with Crippen LogP contribution in [0.2, 0.25) is 0 Å². The van der Waals surface area contributed by atoms with E-state index in [9.17, 15) is 15.8 Å². The van der Waals surface area contributed by atoms with E-state index in [2.05, 4.69) is 100 Å². The van der Waals surface area contributed by atoms with Gasteiger partial charge in [0.1, 0.15) is 6.07 Å². The van der Waals surface area contributed by atoms with Crippen molar-refractivity contribution in [3.8, 4) is 51.8 Å². The second-order valence-electron chi connectivity index (χ2n) is 12.3. The van der Waals surface area contributed by atoms with Gasteiger partial charge in [-0.2, -0.15) is 15.8 Å². The van der Waals surface area contributed by atoms with E-state index in [4.69, 9.17) is 0 Å². The highest BCUT2D eigenvalue weighted by Gasteiger charge is 2.20. The fraction of sp³-hybridized carbons (Fsp3) is 0. The molecule has 0 fully saturated rings. The maximum atomic E-state index is 10.4. The van der Waals surface area contributed by atoms with Crippen molar-refractivity contribution in [3.05, 3.63) is 168 Å². The molecule has 0 aliphatic rings. The summed E-state index contributed by atoms with van der Waals surface area (Å²) in [7, 11) is 0. The van der Waals surface area contributed by atoms with Crippen LogP contribution >= 0.6 is 0 Å². The molecule has 0 amide bonds. The van der Waals surface area contributed by atoms with Gasteiger partial charge in [0.05, 0.1) is 56.6 Å². The van der Waals surface area contributed by atoms with E-state index in [0.717, 1.165) is 66.5 Å². The monoisotopic (exact) mass is 635 g/mol. The van der Waals surface area contributed by atoms with E-state index in [1.165, 1.54) is 10.8 Å². The third-order valence-electron chi connectivity index (χ3n) is 9.65. The summed E-state index contributed by atoms with van der Waals surface area (Å²) in [6.45, 7) is 0. The minimum absolute atomic E-state index is 0.512. The Morgan fingerprint density at radius 3 is 1.60 bits per heavy atom. The van der Waals surface area contributed by atoms with Crippen LogP contribution in [0.15, 0.2) is 152 Å². The van der Waals surface area contributed by atoms with Crippen molar-refractivity contribution in [2.24, 2.45) is 0 Å². The number of nitriles is 3. The zero-order chi connectivity index (χ0) is 33.8. The van der Waals surface area contributed by atoms with E-state index in [-0.39, 0.29) is 0 Å². The molecular weight excluding hydrogens is 611 g/mol. The fourth-order valence-electron chi connectivity index (χ4n) is 7.44. The Kier molecular flexibility index (Phi) is 6.56. The second kappa shape index (κ2) is 11.4. The number of aromatic nitrogens is 2. The zero-order valence-corrected chi connectivity index (χ0v) is 26.7. The molecule has 50 heavy (non-hydrogen) atoms. The molecule has 0 spiro atoms. The molecule has 0 saturated carbocycles. The van der Waals surface area contributed by atoms with E-state index in [1.807, 2.05) is 78.9 Å². The van der Waals surface area contributed by atoms with Crippen molar-refractivity contribution in [1.82, 2.24) is 9.13 Å². The molecule has 7 aromatic carbocycles. The van der Waals surface area contributed by atoms with Crippen molar-refractivity contribution in [2.45, 2.75) is 0 Å². The molecule has 0 bridgehead atoms. The molecule has 0 aliphatic carbocycles. The summed E-state index contributed by atoms with van der Waals surface area (Å²) < 4.78 is 4.38. The number of hydrogen-bond donors (Lipinski definition) is 0. The summed E-state index contributed by atoms with van der Waals surface area (Å²) in [4.78, 5) is 0. The van der Waals surface area contributed by atoms with Gasteiger partial charge in [-0.15, -0.1) is 0 Å². The summed E-state index contributed by atoms with van der Waals surface area (Å²) in [5.74, 6) is 0. The first kappa shape index (κ1) is 28.8. The molecule has 0 saturated heterocycles. The molecule has 0 atom stereocenters. The van der Waals surface area contributed by atoms with Gasteiger partial charge in [-0.1, -0.05) is 91.0 Å². The minimum Gasteiger partial charge on any atom is -0.309 e. The van der Waals surface area contributed by atoms with E-state index in [0.29, 0.717) is 16.7 Å². The lowest BCUT2D eigenvalue weighted by atomic mass is 9.93. The molecular formula is C45H25N5. The van der Waals surface area contributed by atoms with Gasteiger partial charge in [-0.3, -0.25) is 0 Å². The van der Waals surface area contributed by atoms with Gasteiger partial charge in [0.25, 0.3) is 0 Å². The Morgan fingerprint density at radius 1 is 0.380 bits per heavy atom. The van der Waals surface area contributed by atoms with Crippen molar-refractivity contribution in [2.75, 3.05) is 0 Å². The smallest absolute Gasteiger partial charge is 0.101 e. The van der Waals surface area contributed by atoms with Gasteiger partial charge >= 0.3 is 0 Å². The number of nitrogens with zero attached hydrogens (tertiary/aromatic N) is 5. The van der Waals surface area contributed by atoms with E-state index < -0.39 is 0 Å². The van der Waals surface area contributed by atoms with Crippen LogP contribution in [-0.2, 0) is 0 Å². The lowest BCUT2D eigenvalue weighted by molar-refractivity contribution is 1.17. The highest BCUT2D eigenvalue weighted by molar-refractivity contribution is 6.11. The largest absolute Gasteiger partial charge is 0.309 e. The molecule has 0 aliphatic heterocycles. The van der Waals surface area contributed by atoms with Crippen molar-refractivity contribution >= 4 is 43.6 Å². The van der Waals surface area contributed by atoms with Crippen LogP contribution in [0.3, 0.4) is 0 Å². The Hall–Kier alpha value is -7.39. The average Bonchev–Trinajstić information content (AvgIpc) is 3.70. The second-order valence-corrected chi connectivity index (χ2v) is 12.3. The summed E-state index contributed by atoms with van der Waals surface area (Å²) in [5, 5.41) is 34.8. The third-order valence-corrected chi connectivity index (χ3v) is 9.65. The normalized spacial score (nSPS) is 11.1. The number of rotatable bonds is 4. The first-order valence-electron chi connectivity index (χ1n) is 16.3. The first-order chi connectivity index (χ1) is 24.7. The summed E-state index contributed by atoms with van der Waals surface area (Å²) >= 11 is 0. The Bertz CT molecular complexity index is 2900. The lowest BCUT2D eigenvalue weighted by Gasteiger charge is -2.17. The Labute approximate surface area is 287 Å². The first-order valence-corrected chi connectivity index (χ1v) is 16.3. The van der Waals surface area contributed by atoms with Crippen molar-refractivity contribution in [3.63, 3.8) is 0 Å². The average molecular weight is 636 g/mol. The van der Waals surface area contributed by atoms with Crippen LogP contribution in [-0.4, -0.2) is 9.13 Å². The van der Waals surface area contributed by atoms with Crippen LogP contribution < -0.4 is 0 Å². The Morgan fingerprint density at radius 2 is 0.960 bits per heavy atom. The number of fused-ring (bicyclic) bond motifs is 6. The molecule has 0 radical (unpaired) electrons. The van der Waals surface area contributed by atoms with E-state index in [1.54, 1.807) is 0 Å². The highest BCUT2D eigenvalue weighted by atomic mass is 15.0. The lowest BCUT2D eigenvalue weighted by Crippen LogP contribution is -2.01. The SMILES string of the molecule is N#Cc1ccc2c(c1)c1ccccc1n2-c1c(C#N)cccc1-c1ccc(-c2ccc(-n3c4ccccc4c4ccccc43)cc2)c(C#N)c1. The van der Waals surface area contributed by atoms with Gasteiger partial charge in [-0.05, 0) is 77.4 Å². The van der Waals surface area contributed by atoms with Crippen LogP contribution in [0.5, 0.6) is 0 Å². The summed E-state index contributed by atoms with van der Waals surface area (Å²) in [6, 6.07) is 57.7. The van der Waals surface area contributed by atoms with Gasteiger partial charge in [0.2, 0.25) is 0 Å². The fourth-order valence-corrected chi connectivity index (χ4v) is 7.44. The molecule has 2 heterocycles. The van der Waals surface area contributed by atoms with E-state index >= 15 is 0 Å². The maximum absolute atomic E-state index is 10.4. The third kappa shape index (κ3) is 4.31. The Balaban J connectivity index is 1.18. The predicted octanol–water partition coefficient (Wildman–Crippen LogP) is 10.8. The molecule has 5 nitrogen and oxygen atoms in total. The van der Waals surface area contributed by atoms with Gasteiger partial charge < -0.3 is 9.13 Å². The molecule has 9 aromatic rings. The highest BCUT2D eigenvalue weighted by Crippen LogP contribution is 2.40. The predicted molar refractivity (Wildman–Crippen MR) is 200 cm³/mol. The van der Waals surface area contributed by atoms with Crippen molar-refractivity contribution < 1.29 is 0 Å². The summed E-state index contributed by atoms with van der Waals surface area (Å²) in [5.41, 5.74) is 11.0. The topological polar surface area (TPSA) is 81.2 Å². The molecule has 0 N–H and O–H groups in total. The van der Waals surface area contributed by atoms with Crippen LogP contribution in [0.25, 0.3) is 77.2 Å². The molecule has 0 unspecified atom stereocenters. The number of benzene rings is 7. The molecule has 2 aromatic heterocycles. The molecule has 230 valence electrons. The van der Waals surface area contributed by atoms with Gasteiger partial charge in [0.15, 0.2) is 0 Å². The van der Waals surface area contributed by atoms with Gasteiger partial charge in [0, 0.05) is 32.8 Å². The van der Waals surface area contributed by atoms with Crippen LogP contribution in [0.1, 0.15) is 16.7 Å². The maximum Gasteiger partial charge on any atom is 0.101 e. The van der Waals surface area contributed by atoms with Crippen LogP contribution in [0.4, 0.5) is 0 Å². The molecule has 5 heteroatoms. The number of hydrogen-bond acceptors (Lipinski definition) is 3.